The third-order valence-corrected chi connectivity index (χ3v) is 9.00. The molecule has 0 bridgehead atoms. The molecule has 1 N–H and O–H groups in total. The predicted octanol–water partition coefficient (Wildman–Crippen LogP) is 4.40. The summed E-state index contributed by atoms with van der Waals surface area (Å²) in [6.07, 6.45) is 7.90. The summed E-state index contributed by atoms with van der Waals surface area (Å²) in [5.41, 5.74) is 2.61. The van der Waals surface area contributed by atoms with Crippen LogP contribution in [0.2, 0.25) is 0 Å². The van der Waals surface area contributed by atoms with Crippen LogP contribution < -0.4 is 5.43 Å². The fourth-order valence-corrected chi connectivity index (χ4v) is 6.49. The standard InChI is InChI=1S/C23H25N7O6S2/c1-27-13-10-24-23(27)37-21-9-6-17(14-20(21)30(33)34)16-25-26-19-8-7-18(29(31)32)15-22(19)38(35,36)28-11-4-2-3-5-12-28/h6-10,13-16,26H,2-5,11-12H2,1H3/b25-16-. The first-order valence-electron chi connectivity index (χ1n) is 11.7. The van der Waals surface area contributed by atoms with Crippen molar-refractivity contribution in [1.82, 2.24) is 13.9 Å². The number of rotatable bonds is 9. The monoisotopic (exact) mass is 559 g/mol. The first-order chi connectivity index (χ1) is 18.2. The van der Waals surface area contributed by atoms with Gasteiger partial charge in [-0.3, -0.25) is 25.7 Å². The molecule has 0 amide bonds. The Labute approximate surface area is 222 Å². The van der Waals surface area contributed by atoms with E-state index in [-0.39, 0.29) is 22.0 Å². The number of benzene rings is 2. The van der Waals surface area contributed by atoms with Crippen LogP contribution in [-0.4, -0.2) is 51.4 Å². The van der Waals surface area contributed by atoms with E-state index >= 15 is 0 Å². The molecule has 1 aliphatic rings. The van der Waals surface area contributed by atoms with Gasteiger partial charge in [0.2, 0.25) is 10.0 Å². The molecule has 15 heteroatoms. The summed E-state index contributed by atoms with van der Waals surface area (Å²) < 4.78 is 29.9. The van der Waals surface area contributed by atoms with Crippen LogP contribution in [0.1, 0.15) is 31.2 Å². The number of sulfonamides is 1. The summed E-state index contributed by atoms with van der Waals surface area (Å²) in [6, 6.07) is 8.06. The normalized spacial score (nSPS) is 14.9. The van der Waals surface area contributed by atoms with Gasteiger partial charge in [-0.2, -0.15) is 9.41 Å². The lowest BCUT2D eigenvalue weighted by atomic mass is 10.2. The molecule has 1 aromatic heterocycles. The van der Waals surface area contributed by atoms with Gasteiger partial charge >= 0.3 is 0 Å². The van der Waals surface area contributed by atoms with Gasteiger partial charge < -0.3 is 4.57 Å². The van der Waals surface area contributed by atoms with Crippen LogP contribution in [0.25, 0.3) is 0 Å². The van der Waals surface area contributed by atoms with Gasteiger partial charge in [0, 0.05) is 56.3 Å². The number of imidazole rings is 1. The maximum atomic E-state index is 13.4. The number of aryl methyl sites for hydroxylation is 1. The molecule has 4 rings (SSSR count). The molecule has 2 aromatic carbocycles. The number of aromatic nitrogens is 2. The number of nitrogens with one attached hydrogen (secondary N) is 1. The number of hydrazone groups is 1. The highest BCUT2D eigenvalue weighted by molar-refractivity contribution is 7.99. The van der Waals surface area contributed by atoms with Crippen molar-refractivity contribution in [1.29, 1.82) is 0 Å². The summed E-state index contributed by atoms with van der Waals surface area (Å²) in [5.74, 6) is 0. The maximum absolute atomic E-state index is 13.4. The molecule has 0 radical (unpaired) electrons. The van der Waals surface area contributed by atoms with Gasteiger partial charge in [0.15, 0.2) is 5.16 Å². The fraction of sp³-hybridized carbons (Fsp3) is 0.304. The van der Waals surface area contributed by atoms with E-state index in [1.807, 2.05) is 0 Å². The average molecular weight is 560 g/mol. The van der Waals surface area contributed by atoms with E-state index in [1.165, 1.54) is 28.7 Å². The zero-order chi connectivity index (χ0) is 27.3. The van der Waals surface area contributed by atoms with Crippen LogP contribution in [0.15, 0.2) is 68.8 Å². The van der Waals surface area contributed by atoms with Crippen molar-refractivity contribution in [3.05, 3.63) is 74.6 Å². The van der Waals surface area contributed by atoms with Gasteiger partial charge in [-0.1, -0.05) is 18.9 Å². The third-order valence-electron chi connectivity index (χ3n) is 5.92. The SMILES string of the molecule is Cn1ccnc1Sc1ccc(/C=N\Nc2ccc([N+](=O)[O-])cc2S(=O)(=O)N2CCCCCC2)cc1[N+](=O)[O-]. The Morgan fingerprint density at radius 3 is 2.42 bits per heavy atom. The lowest BCUT2D eigenvalue weighted by Gasteiger charge is -2.21. The topological polar surface area (TPSA) is 166 Å². The molecule has 0 unspecified atom stereocenters. The van der Waals surface area contributed by atoms with Crippen molar-refractivity contribution in [2.24, 2.45) is 12.1 Å². The smallest absolute Gasteiger partial charge is 0.283 e. The Balaban J connectivity index is 1.60. The number of hydrogen-bond donors (Lipinski definition) is 1. The molecule has 0 atom stereocenters. The zero-order valence-corrected chi connectivity index (χ0v) is 22.0. The van der Waals surface area contributed by atoms with Gasteiger partial charge in [-0.15, -0.1) is 0 Å². The number of anilines is 1. The molecule has 0 spiro atoms. The summed E-state index contributed by atoms with van der Waals surface area (Å²) >= 11 is 1.15. The average Bonchev–Trinajstić information content (AvgIpc) is 3.11. The Morgan fingerprint density at radius 1 is 1.05 bits per heavy atom. The van der Waals surface area contributed by atoms with Crippen molar-refractivity contribution in [2.45, 2.75) is 40.6 Å². The van der Waals surface area contributed by atoms with Crippen molar-refractivity contribution in [3.8, 4) is 0 Å². The second kappa shape index (κ2) is 11.7. The minimum absolute atomic E-state index is 0.0626. The van der Waals surface area contributed by atoms with Crippen LogP contribution in [-0.2, 0) is 17.1 Å². The second-order valence-corrected chi connectivity index (χ2v) is 11.4. The highest BCUT2D eigenvalue weighted by Crippen LogP contribution is 2.34. The van der Waals surface area contributed by atoms with Crippen molar-refractivity contribution in [2.75, 3.05) is 18.5 Å². The maximum Gasteiger partial charge on any atom is 0.283 e. The van der Waals surface area contributed by atoms with Crippen LogP contribution in [0, 0.1) is 20.2 Å². The third kappa shape index (κ3) is 6.17. The molecular weight excluding hydrogens is 534 g/mol. The van der Waals surface area contributed by atoms with Crippen molar-refractivity contribution < 1.29 is 18.3 Å². The fourth-order valence-electron chi connectivity index (χ4n) is 3.92. The van der Waals surface area contributed by atoms with Crippen molar-refractivity contribution >= 4 is 45.1 Å². The summed E-state index contributed by atoms with van der Waals surface area (Å²) in [6.45, 7) is 0.667. The second-order valence-electron chi connectivity index (χ2n) is 8.53. The molecule has 200 valence electrons. The van der Waals surface area contributed by atoms with E-state index in [4.69, 9.17) is 0 Å². The molecular formula is C23H25N7O6S2. The van der Waals surface area contributed by atoms with Gasteiger partial charge in [0.1, 0.15) is 4.90 Å². The van der Waals surface area contributed by atoms with Gasteiger partial charge in [-0.05, 0) is 36.7 Å². The quantitative estimate of drug-likeness (QED) is 0.227. The predicted molar refractivity (Wildman–Crippen MR) is 142 cm³/mol. The number of hydrogen-bond acceptors (Lipinski definition) is 10. The number of nitro benzene ring substituents is 2. The molecule has 0 aliphatic carbocycles. The van der Waals surface area contributed by atoms with E-state index in [1.54, 1.807) is 36.1 Å². The molecule has 13 nitrogen and oxygen atoms in total. The number of nitrogens with zero attached hydrogens (tertiary/aromatic N) is 6. The highest BCUT2D eigenvalue weighted by atomic mass is 32.2. The summed E-state index contributed by atoms with van der Waals surface area (Å²) in [7, 11) is -2.24. The first-order valence-corrected chi connectivity index (χ1v) is 13.9. The molecule has 0 saturated carbocycles. The van der Waals surface area contributed by atoms with E-state index in [9.17, 15) is 28.6 Å². The first kappa shape index (κ1) is 27.2. The molecule has 3 aromatic rings. The Bertz CT molecular complexity index is 1480. The number of nitro groups is 2. The van der Waals surface area contributed by atoms with E-state index < -0.39 is 19.9 Å². The minimum Gasteiger partial charge on any atom is -0.329 e. The van der Waals surface area contributed by atoms with Crippen LogP contribution >= 0.6 is 11.8 Å². The molecule has 1 saturated heterocycles. The van der Waals surface area contributed by atoms with E-state index in [2.05, 4.69) is 15.5 Å². The Kier molecular flexibility index (Phi) is 8.38. The minimum atomic E-state index is -4.03. The van der Waals surface area contributed by atoms with E-state index in [0.29, 0.717) is 41.5 Å². The molecule has 2 heterocycles. The van der Waals surface area contributed by atoms with Crippen LogP contribution in [0.4, 0.5) is 17.1 Å². The largest absolute Gasteiger partial charge is 0.329 e. The lowest BCUT2D eigenvalue weighted by molar-refractivity contribution is -0.387. The highest BCUT2D eigenvalue weighted by Gasteiger charge is 2.29. The van der Waals surface area contributed by atoms with Gasteiger partial charge in [0.05, 0.1) is 26.6 Å². The molecule has 1 fully saturated rings. The number of non-ortho nitro benzene ring substituents is 1. The van der Waals surface area contributed by atoms with Crippen LogP contribution in [0.5, 0.6) is 0 Å². The summed E-state index contributed by atoms with van der Waals surface area (Å²) in [5, 5.41) is 27.7. The molecule has 38 heavy (non-hydrogen) atoms. The van der Waals surface area contributed by atoms with Crippen LogP contribution in [0.3, 0.4) is 0 Å². The van der Waals surface area contributed by atoms with Crippen molar-refractivity contribution in [3.63, 3.8) is 0 Å². The summed E-state index contributed by atoms with van der Waals surface area (Å²) in [4.78, 5) is 26.2. The van der Waals surface area contributed by atoms with Gasteiger partial charge in [-0.25, -0.2) is 13.4 Å². The zero-order valence-electron chi connectivity index (χ0n) is 20.4. The van der Waals surface area contributed by atoms with Gasteiger partial charge in [0.25, 0.3) is 11.4 Å². The Hall–Kier alpha value is -3.82. The Morgan fingerprint density at radius 2 is 1.79 bits per heavy atom. The lowest BCUT2D eigenvalue weighted by Crippen LogP contribution is -2.32. The molecule has 1 aliphatic heterocycles. The van der Waals surface area contributed by atoms with E-state index in [0.717, 1.165) is 30.7 Å².